The fraction of sp³-hybridized carbons (Fsp3) is 0.125. The van der Waals surface area contributed by atoms with Crippen LogP contribution in [0.15, 0.2) is 24.7 Å². The smallest absolute Gasteiger partial charge is 0.423 e. The van der Waals surface area contributed by atoms with E-state index in [-0.39, 0.29) is 0 Å². The second-order valence-corrected chi connectivity index (χ2v) is 2.97. The minimum absolute atomic E-state index is 0.435. The standard InChI is InChI=1S/C8H9BN2O2/c1-11-3-2-6-4-10-5-7(8(6)11)9(12)13/h2-5,12-13H,1H3. The van der Waals surface area contributed by atoms with E-state index in [2.05, 4.69) is 4.98 Å². The van der Waals surface area contributed by atoms with Crippen LogP contribution in [0.25, 0.3) is 10.9 Å². The van der Waals surface area contributed by atoms with E-state index in [1.54, 1.807) is 6.20 Å². The van der Waals surface area contributed by atoms with Crippen molar-refractivity contribution in [3.63, 3.8) is 0 Å². The molecule has 2 N–H and O–H groups in total. The van der Waals surface area contributed by atoms with Crippen LogP contribution in [0, 0.1) is 0 Å². The van der Waals surface area contributed by atoms with Crippen molar-refractivity contribution in [2.75, 3.05) is 0 Å². The van der Waals surface area contributed by atoms with Gasteiger partial charge in [-0.05, 0) is 6.07 Å². The fourth-order valence-electron chi connectivity index (χ4n) is 1.47. The van der Waals surface area contributed by atoms with Gasteiger partial charge in [0.1, 0.15) is 0 Å². The number of hydrogen-bond acceptors (Lipinski definition) is 3. The Hall–Kier alpha value is -1.33. The number of nitrogens with zero attached hydrogens (tertiary/aromatic N) is 2. The molecule has 2 heterocycles. The lowest BCUT2D eigenvalue weighted by Gasteiger charge is -2.03. The van der Waals surface area contributed by atoms with Gasteiger partial charge in [-0.2, -0.15) is 0 Å². The summed E-state index contributed by atoms with van der Waals surface area (Å²) < 4.78 is 1.84. The number of hydrogen-bond donors (Lipinski definition) is 2. The number of rotatable bonds is 1. The Labute approximate surface area is 75.6 Å². The molecule has 0 amide bonds. The number of aromatic nitrogens is 2. The molecule has 0 unspecified atom stereocenters. The fourth-order valence-corrected chi connectivity index (χ4v) is 1.47. The largest absolute Gasteiger partial charge is 0.492 e. The molecule has 5 heteroatoms. The molecular weight excluding hydrogens is 167 g/mol. The van der Waals surface area contributed by atoms with Crippen molar-refractivity contribution in [2.45, 2.75) is 0 Å². The quantitative estimate of drug-likeness (QED) is 0.562. The van der Waals surface area contributed by atoms with Gasteiger partial charge in [-0.25, -0.2) is 0 Å². The van der Waals surface area contributed by atoms with Gasteiger partial charge in [0.2, 0.25) is 0 Å². The van der Waals surface area contributed by atoms with Gasteiger partial charge in [0.15, 0.2) is 0 Å². The Morgan fingerprint density at radius 1 is 1.38 bits per heavy atom. The predicted octanol–water partition coefficient (Wildman–Crippen LogP) is -0.747. The first kappa shape index (κ1) is 8.28. The van der Waals surface area contributed by atoms with Gasteiger partial charge in [0, 0.05) is 36.5 Å². The lowest BCUT2D eigenvalue weighted by Crippen LogP contribution is -2.31. The summed E-state index contributed by atoms with van der Waals surface area (Å²) in [6.07, 6.45) is 5.02. The van der Waals surface area contributed by atoms with Gasteiger partial charge >= 0.3 is 7.12 Å². The van der Waals surface area contributed by atoms with Crippen molar-refractivity contribution in [3.8, 4) is 0 Å². The summed E-state index contributed by atoms with van der Waals surface area (Å²) in [6, 6.07) is 1.88. The average molecular weight is 176 g/mol. The molecule has 0 saturated heterocycles. The van der Waals surface area contributed by atoms with E-state index in [0.717, 1.165) is 10.9 Å². The summed E-state index contributed by atoms with van der Waals surface area (Å²) in [5.74, 6) is 0. The molecule has 0 aliphatic heterocycles. The van der Waals surface area contributed by atoms with Crippen molar-refractivity contribution in [3.05, 3.63) is 24.7 Å². The van der Waals surface area contributed by atoms with E-state index in [9.17, 15) is 0 Å². The molecule has 2 rings (SSSR count). The highest BCUT2D eigenvalue weighted by atomic mass is 16.4. The first-order valence-electron chi connectivity index (χ1n) is 3.95. The minimum Gasteiger partial charge on any atom is -0.423 e. The maximum absolute atomic E-state index is 9.07. The zero-order chi connectivity index (χ0) is 9.42. The summed E-state index contributed by atoms with van der Waals surface area (Å²) in [4.78, 5) is 3.91. The summed E-state index contributed by atoms with van der Waals surface area (Å²) in [5, 5.41) is 19.0. The summed E-state index contributed by atoms with van der Waals surface area (Å²) in [5.41, 5.74) is 1.25. The first-order valence-corrected chi connectivity index (χ1v) is 3.95. The van der Waals surface area contributed by atoms with Crippen LogP contribution in [0.1, 0.15) is 0 Å². The second kappa shape index (κ2) is 2.87. The van der Waals surface area contributed by atoms with Gasteiger partial charge in [0.25, 0.3) is 0 Å². The normalized spacial score (nSPS) is 10.7. The van der Waals surface area contributed by atoms with Crippen LogP contribution < -0.4 is 5.46 Å². The molecule has 0 aliphatic carbocycles. The summed E-state index contributed by atoms with van der Waals surface area (Å²) in [7, 11) is 0.388. The van der Waals surface area contributed by atoms with Crippen molar-refractivity contribution in [1.82, 2.24) is 9.55 Å². The van der Waals surface area contributed by atoms with Crippen molar-refractivity contribution in [2.24, 2.45) is 7.05 Å². The SMILES string of the molecule is Cn1ccc2cncc(B(O)O)c21. The summed E-state index contributed by atoms with van der Waals surface area (Å²) in [6.45, 7) is 0. The van der Waals surface area contributed by atoms with E-state index in [0.29, 0.717) is 5.46 Å². The lowest BCUT2D eigenvalue weighted by molar-refractivity contribution is 0.426. The molecule has 13 heavy (non-hydrogen) atoms. The van der Waals surface area contributed by atoms with Gasteiger partial charge in [0.05, 0.1) is 5.52 Å². The Morgan fingerprint density at radius 3 is 2.85 bits per heavy atom. The Balaban J connectivity index is 2.80. The van der Waals surface area contributed by atoms with E-state index < -0.39 is 7.12 Å². The molecular formula is C8H9BN2O2. The Kier molecular flexibility index (Phi) is 1.83. The Bertz CT molecular complexity index is 439. The molecule has 0 radical (unpaired) electrons. The second-order valence-electron chi connectivity index (χ2n) is 2.97. The maximum Gasteiger partial charge on any atom is 0.492 e. The molecule has 0 spiro atoms. The average Bonchev–Trinajstić information content (AvgIpc) is 2.48. The van der Waals surface area contributed by atoms with Gasteiger partial charge < -0.3 is 14.6 Å². The highest BCUT2D eigenvalue weighted by Gasteiger charge is 2.16. The molecule has 0 aliphatic rings. The van der Waals surface area contributed by atoms with Gasteiger partial charge in [-0.3, -0.25) is 4.98 Å². The molecule has 2 aromatic heterocycles. The maximum atomic E-state index is 9.07. The zero-order valence-corrected chi connectivity index (χ0v) is 7.18. The molecule has 0 fully saturated rings. The molecule has 0 saturated carbocycles. The monoisotopic (exact) mass is 176 g/mol. The van der Waals surface area contributed by atoms with E-state index in [1.165, 1.54) is 6.20 Å². The van der Waals surface area contributed by atoms with Crippen molar-refractivity contribution in [1.29, 1.82) is 0 Å². The van der Waals surface area contributed by atoms with E-state index in [4.69, 9.17) is 10.0 Å². The predicted molar refractivity (Wildman–Crippen MR) is 50.5 cm³/mol. The van der Waals surface area contributed by atoms with E-state index in [1.807, 2.05) is 23.9 Å². The van der Waals surface area contributed by atoms with E-state index >= 15 is 0 Å². The van der Waals surface area contributed by atoms with Crippen LogP contribution in [0.3, 0.4) is 0 Å². The first-order chi connectivity index (χ1) is 6.20. The molecule has 2 aromatic rings. The zero-order valence-electron chi connectivity index (χ0n) is 7.18. The molecule has 0 bridgehead atoms. The third-order valence-corrected chi connectivity index (χ3v) is 2.08. The van der Waals surface area contributed by atoms with Crippen molar-refractivity contribution < 1.29 is 10.0 Å². The number of fused-ring (bicyclic) bond motifs is 1. The topological polar surface area (TPSA) is 58.3 Å². The highest BCUT2D eigenvalue weighted by molar-refractivity contribution is 6.61. The molecule has 0 atom stereocenters. The lowest BCUT2D eigenvalue weighted by atomic mass is 9.80. The van der Waals surface area contributed by atoms with Gasteiger partial charge in [-0.1, -0.05) is 0 Å². The number of aryl methyl sites for hydroxylation is 1. The molecule has 66 valence electrons. The Morgan fingerprint density at radius 2 is 2.15 bits per heavy atom. The van der Waals surface area contributed by atoms with Gasteiger partial charge in [-0.15, -0.1) is 0 Å². The molecule has 0 aromatic carbocycles. The third-order valence-electron chi connectivity index (χ3n) is 2.08. The van der Waals surface area contributed by atoms with Crippen LogP contribution in [0.4, 0.5) is 0 Å². The van der Waals surface area contributed by atoms with Crippen LogP contribution in [0.2, 0.25) is 0 Å². The highest BCUT2D eigenvalue weighted by Crippen LogP contribution is 2.10. The van der Waals surface area contributed by atoms with Crippen LogP contribution in [-0.4, -0.2) is 26.7 Å². The third kappa shape index (κ3) is 1.22. The van der Waals surface area contributed by atoms with Crippen LogP contribution in [-0.2, 0) is 7.05 Å². The summed E-state index contributed by atoms with van der Waals surface area (Å²) >= 11 is 0. The minimum atomic E-state index is -1.47. The van der Waals surface area contributed by atoms with Crippen LogP contribution >= 0.6 is 0 Å². The molecule has 4 nitrogen and oxygen atoms in total. The van der Waals surface area contributed by atoms with Crippen LogP contribution in [0.5, 0.6) is 0 Å². The van der Waals surface area contributed by atoms with Crippen molar-refractivity contribution >= 4 is 23.5 Å². The number of pyridine rings is 1.